The number of H-pyrrole nitrogens is 1. The number of benzene rings is 2. The molecule has 0 aliphatic rings. The molecule has 2 heterocycles. The first kappa shape index (κ1) is 14.7. The molecule has 0 atom stereocenters. The number of nitrogens with zero attached hydrogens (tertiary/aromatic N) is 2. The van der Waals surface area contributed by atoms with Crippen LogP contribution in [0.1, 0.15) is 0 Å². The van der Waals surface area contributed by atoms with Crippen LogP contribution in [-0.2, 0) is 0 Å². The topological polar surface area (TPSA) is 62.8 Å². The lowest BCUT2D eigenvalue weighted by molar-refractivity contribution is 0.463. The molecule has 2 aromatic carbocycles. The molecule has 0 bridgehead atoms. The number of hydrogen-bond acceptors (Lipinski definition) is 4. The summed E-state index contributed by atoms with van der Waals surface area (Å²) in [6.07, 6.45) is 3.57. The van der Waals surface area contributed by atoms with E-state index in [1.165, 1.54) is 0 Å². The zero-order valence-corrected chi connectivity index (χ0v) is 14.1. The van der Waals surface area contributed by atoms with Crippen molar-refractivity contribution in [1.29, 1.82) is 0 Å². The van der Waals surface area contributed by atoms with E-state index in [9.17, 15) is 0 Å². The maximum Gasteiger partial charge on any atom is 0.230 e. The predicted octanol–water partition coefficient (Wildman–Crippen LogP) is 5.26. The second kappa shape index (κ2) is 6.33. The molecule has 5 nitrogen and oxygen atoms in total. The van der Waals surface area contributed by atoms with Gasteiger partial charge < -0.3 is 15.0 Å². The van der Waals surface area contributed by atoms with Gasteiger partial charge in [0.1, 0.15) is 5.75 Å². The van der Waals surface area contributed by atoms with Gasteiger partial charge in [-0.2, -0.15) is 4.98 Å². The van der Waals surface area contributed by atoms with Crippen LogP contribution in [-0.4, -0.2) is 15.0 Å². The van der Waals surface area contributed by atoms with Crippen molar-refractivity contribution in [1.82, 2.24) is 15.0 Å². The Hall–Kier alpha value is -2.86. The molecule has 0 aliphatic carbocycles. The molecule has 6 heteroatoms. The van der Waals surface area contributed by atoms with E-state index in [0.717, 1.165) is 26.8 Å². The summed E-state index contributed by atoms with van der Waals surface area (Å²) in [5.41, 5.74) is 1.97. The second-order valence-corrected chi connectivity index (χ2v) is 6.10. The van der Waals surface area contributed by atoms with Crippen molar-refractivity contribution in [3.63, 3.8) is 0 Å². The van der Waals surface area contributed by atoms with Gasteiger partial charge in [-0.1, -0.05) is 22.0 Å². The highest BCUT2D eigenvalue weighted by Crippen LogP contribution is 2.25. The third-order valence-electron chi connectivity index (χ3n) is 3.46. The van der Waals surface area contributed by atoms with Crippen molar-refractivity contribution >= 4 is 38.5 Å². The van der Waals surface area contributed by atoms with Crippen LogP contribution < -0.4 is 10.1 Å². The molecule has 4 aromatic rings. The monoisotopic (exact) mass is 380 g/mol. The smallest absolute Gasteiger partial charge is 0.230 e. The van der Waals surface area contributed by atoms with Gasteiger partial charge in [-0.3, -0.25) is 0 Å². The molecule has 0 saturated heterocycles. The van der Waals surface area contributed by atoms with Crippen LogP contribution in [0.15, 0.2) is 71.5 Å². The van der Waals surface area contributed by atoms with E-state index in [0.29, 0.717) is 11.8 Å². The maximum atomic E-state index is 5.84. The quantitative estimate of drug-likeness (QED) is 0.507. The van der Waals surface area contributed by atoms with Crippen molar-refractivity contribution < 1.29 is 4.74 Å². The molecule has 2 N–H and O–H groups in total. The van der Waals surface area contributed by atoms with Gasteiger partial charge >= 0.3 is 0 Å². The molecule has 2 aromatic heterocycles. The fourth-order valence-electron chi connectivity index (χ4n) is 2.37. The summed E-state index contributed by atoms with van der Waals surface area (Å²) in [4.78, 5) is 11.8. The highest BCUT2D eigenvalue weighted by molar-refractivity contribution is 9.10. The van der Waals surface area contributed by atoms with Crippen LogP contribution in [0.2, 0.25) is 0 Å². The number of nitrogens with one attached hydrogen (secondary N) is 2. The SMILES string of the molecule is Brc1cccc(Nc2nccc(Oc3ccc4[nH]ccc4c3)n2)c1. The van der Waals surface area contributed by atoms with Gasteiger partial charge in [-0.25, -0.2) is 4.98 Å². The minimum absolute atomic E-state index is 0.480. The molecule has 0 spiro atoms. The molecule has 0 unspecified atom stereocenters. The highest BCUT2D eigenvalue weighted by Gasteiger charge is 2.04. The molecular weight excluding hydrogens is 368 g/mol. The first-order chi connectivity index (χ1) is 11.8. The van der Waals surface area contributed by atoms with Gasteiger partial charge in [0.2, 0.25) is 11.8 Å². The molecule has 0 aliphatic heterocycles. The summed E-state index contributed by atoms with van der Waals surface area (Å²) in [5, 5.41) is 4.25. The second-order valence-electron chi connectivity index (χ2n) is 5.18. The fraction of sp³-hybridized carbons (Fsp3) is 0. The molecule has 118 valence electrons. The summed E-state index contributed by atoms with van der Waals surface area (Å²) in [6.45, 7) is 0. The average molecular weight is 381 g/mol. The van der Waals surface area contributed by atoms with E-state index in [-0.39, 0.29) is 0 Å². The van der Waals surface area contributed by atoms with E-state index in [1.807, 2.05) is 54.7 Å². The summed E-state index contributed by atoms with van der Waals surface area (Å²) >= 11 is 3.44. The molecule has 4 rings (SSSR count). The summed E-state index contributed by atoms with van der Waals surface area (Å²) in [5.74, 6) is 1.69. The van der Waals surface area contributed by atoms with Gasteiger partial charge in [0.15, 0.2) is 0 Å². The average Bonchev–Trinajstić information content (AvgIpc) is 3.03. The zero-order chi connectivity index (χ0) is 16.4. The van der Waals surface area contributed by atoms with Crippen molar-refractivity contribution in [2.75, 3.05) is 5.32 Å². The summed E-state index contributed by atoms with van der Waals surface area (Å²) in [7, 11) is 0. The van der Waals surface area contributed by atoms with Crippen molar-refractivity contribution in [2.24, 2.45) is 0 Å². The molecular formula is C18H13BrN4O. The minimum Gasteiger partial charge on any atom is -0.439 e. The Morgan fingerprint density at radius 2 is 2.00 bits per heavy atom. The van der Waals surface area contributed by atoms with E-state index >= 15 is 0 Å². The normalized spacial score (nSPS) is 10.7. The Kier molecular flexibility index (Phi) is 3.88. The number of hydrogen-bond donors (Lipinski definition) is 2. The lowest BCUT2D eigenvalue weighted by Gasteiger charge is -2.08. The standard InChI is InChI=1S/C18H13BrN4O/c19-13-2-1-3-14(11-13)22-18-21-9-7-17(23-18)24-15-4-5-16-12(10-15)6-8-20-16/h1-11,20H,(H,21,22,23). The van der Waals surface area contributed by atoms with Gasteiger partial charge in [0.05, 0.1) is 0 Å². The molecule has 0 fully saturated rings. The Morgan fingerprint density at radius 1 is 1.04 bits per heavy atom. The summed E-state index contributed by atoms with van der Waals surface area (Å²) < 4.78 is 6.83. The number of rotatable bonds is 4. The third-order valence-corrected chi connectivity index (χ3v) is 3.95. The Morgan fingerprint density at radius 3 is 2.92 bits per heavy atom. The van der Waals surface area contributed by atoms with E-state index in [1.54, 1.807) is 12.3 Å². The van der Waals surface area contributed by atoms with Crippen LogP contribution in [0.4, 0.5) is 11.6 Å². The van der Waals surface area contributed by atoms with Gasteiger partial charge in [-0.05, 0) is 42.5 Å². The van der Waals surface area contributed by atoms with Crippen LogP contribution in [0.25, 0.3) is 10.9 Å². The molecule has 24 heavy (non-hydrogen) atoms. The summed E-state index contributed by atoms with van der Waals surface area (Å²) in [6, 6.07) is 17.4. The largest absolute Gasteiger partial charge is 0.439 e. The molecule has 0 radical (unpaired) electrons. The first-order valence-corrected chi connectivity index (χ1v) is 8.16. The molecule has 0 amide bonds. The van der Waals surface area contributed by atoms with Crippen LogP contribution >= 0.6 is 15.9 Å². The Bertz CT molecular complexity index is 999. The van der Waals surface area contributed by atoms with E-state index < -0.39 is 0 Å². The number of aromatic amines is 1. The number of halogens is 1. The Balaban J connectivity index is 1.55. The maximum absolute atomic E-state index is 5.84. The fourth-order valence-corrected chi connectivity index (χ4v) is 2.77. The van der Waals surface area contributed by atoms with Crippen molar-refractivity contribution in [3.8, 4) is 11.6 Å². The highest BCUT2D eigenvalue weighted by atomic mass is 79.9. The number of anilines is 2. The number of fused-ring (bicyclic) bond motifs is 1. The number of ether oxygens (including phenoxy) is 1. The van der Waals surface area contributed by atoms with Crippen LogP contribution in [0.3, 0.4) is 0 Å². The first-order valence-electron chi connectivity index (χ1n) is 7.37. The van der Waals surface area contributed by atoms with Gasteiger partial charge in [0, 0.05) is 39.5 Å². The molecule has 0 saturated carbocycles. The van der Waals surface area contributed by atoms with Gasteiger partial charge in [0.25, 0.3) is 0 Å². The minimum atomic E-state index is 0.480. The Labute approximate surface area is 146 Å². The van der Waals surface area contributed by atoms with Crippen molar-refractivity contribution in [2.45, 2.75) is 0 Å². The third kappa shape index (κ3) is 3.23. The van der Waals surface area contributed by atoms with Crippen LogP contribution in [0, 0.1) is 0 Å². The predicted molar refractivity (Wildman–Crippen MR) is 97.8 cm³/mol. The van der Waals surface area contributed by atoms with E-state index in [4.69, 9.17) is 4.74 Å². The van der Waals surface area contributed by atoms with E-state index in [2.05, 4.69) is 36.2 Å². The lowest BCUT2D eigenvalue weighted by atomic mass is 10.2. The van der Waals surface area contributed by atoms with Crippen LogP contribution in [0.5, 0.6) is 11.6 Å². The van der Waals surface area contributed by atoms with Crippen molar-refractivity contribution in [3.05, 3.63) is 71.5 Å². The van der Waals surface area contributed by atoms with Gasteiger partial charge in [-0.15, -0.1) is 0 Å². The lowest BCUT2D eigenvalue weighted by Crippen LogP contribution is -1.98. The number of aromatic nitrogens is 3. The zero-order valence-electron chi connectivity index (χ0n) is 12.5.